The van der Waals surface area contributed by atoms with Crippen molar-refractivity contribution in [3.05, 3.63) is 36.0 Å². The summed E-state index contributed by atoms with van der Waals surface area (Å²) in [7, 11) is 1.67. The second kappa shape index (κ2) is 6.43. The lowest BCUT2D eigenvalue weighted by molar-refractivity contribution is -0.139. The number of rotatable bonds is 5. The average Bonchev–Trinajstić information content (AvgIpc) is 3.23. The first-order valence-corrected chi connectivity index (χ1v) is 9.15. The fourth-order valence-electron chi connectivity index (χ4n) is 4.37. The van der Waals surface area contributed by atoms with E-state index in [1.165, 1.54) is 0 Å². The van der Waals surface area contributed by atoms with E-state index in [1.54, 1.807) is 7.11 Å². The van der Waals surface area contributed by atoms with Crippen LogP contribution in [0.3, 0.4) is 0 Å². The molecule has 1 unspecified atom stereocenters. The number of nitrogens with zero attached hydrogens (tertiary/aromatic N) is 2. The number of methoxy groups -OCH3 is 1. The minimum Gasteiger partial charge on any atom is -0.481 e. The molecule has 1 aliphatic carbocycles. The molecule has 1 spiro atoms. The first kappa shape index (κ1) is 17.1. The van der Waals surface area contributed by atoms with Crippen molar-refractivity contribution in [2.24, 2.45) is 11.3 Å². The van der Waals surface area contributed by atoms with Gasteiger partial charge in [-0.2, -0.15) is 0 Å². The Labute approximate surface area is 152 Å². The Morgan fingerprint density at radius 3 is 2.65 bits per heavy atom. The van der Waals surface area contributed by atoms with E-state index in [4.69, 9.17) is 4.74 Å². The standard InChI is InChI=1S/C20H24N2O4/c1-26-11-10-22-13-15(14-4-2-3-5-17(14)22)18(23)21-8-6-20(7-9-21)12-16(20)19(24)25/h2-5,13,16H,6-12H2,1H3,(H,24,25). The minimum absolute atomic E-state index is 0.0414. The van der Waals surface area contributed by atoms with E-state index in [1.807, 2.05) is 35.4 Å². The normalized spacial score (nSPS) is 21.3. The number of ether oxygens (including phenoxy) is 1. The lowest BCUT2D eigenvalue weighted by atomic mass is 9.90. The molecular formula is C20H24N2O4. The van der Waals surface area contributed by atoms with E-state index < -0.39 is 5.97 Å². The highest BCUT2D eigenvalue weighted by atomic mass is 16.5. The third-order valence-electron chi connectivity index (χ3n) is 6.09. The number of carbonyl (C=O) groups is 2. The Hall–Kier alpha value is -2.34. The van der Waals surface area contributed by atoms with Gasteiger partial charge in [-0.3, -0.25) is 9.59 Å². The first-order chi connectivity index (χ1) is 12.6. The summed E-state index contributed by atoms with van der Waals surface area (Å²) >= 11 is 0. The maximum atomic E-state index is 13.1. The molecule has 0 bridgehead atoms. The molecule has 4 rings (SSSR count). The van der Waals surface area contributed by atoms with Gasteiger partial charge in [0.25, 0.3) is 5.91 Å². The predicted octanol–water partition coefficient (Wildman–Crippen LogP) is 2.61. The Morgan fingerprint density at radius 2 is 2.00 bits per heavy atom. The fraction of sp³-hybridized carbons (Fsp3) is 0.500. The van der Waals surface area contributed by atoms with Crippen LogP contribution in [-0.4, -0.2) is 53.3 Å². The zero-order valence-electron chi connectivity index (χ0n) is 15.0. The molecule has 2 aliphatic rings. The number of hydrogen-bond donors (Lipinski definition) is 1. The molecule has 138 valence electrons. The van der Waals surface area contributed by atoms with Crippen LogP contribution >= 0.6 is 0 Å². The van der Waals surface area contributed by atoms with E-state index in [2.05, 4.69) is 4.57 Å². The summed E-state index contributed by atoms with van der Waals surface area (Å²) in [5, 5.41) is 10.2. The van der Waals surface area contributed by atoms with E-state index in [0.717, 1.165) is 35.7 Å². The Balaban J connectivity index is 1.53. The number of carboxylic acid groups (broad SMARTS) is 1. The summed E-state index contributed by atoms with van der Waals surface area (Å²) in [6, 6.07) is 7.93. The molecule has 0 radical (unpaired) electrons. The third kappa shape index (κ3) is 2.78. The van der Waals surface area contributed by atoms with Crippen molar-refractivity contribution in [3.63, 3.8) is 0 Å². The molecule has 6 nitrogen and oxygen atoms in total. The number of piperidine rings is 1. The Kier molecular flexibility index (Phi) is 4.23. The molecule has 1 amide bonds. The van der Waals surface area contributed by atoms with Crippen molar-refractivity contribution in [2.75, 3.05) is 26.8 Å². The second-order valence-electron chi connectivity index (χ2n) is 7.50. The van der Waals surface area contributed by atoms with Gasteiger partial charge in [-0.25, -0.2) is 0 Å². The molecule has 26 heavy (non-hydrogen) atoms. The van der Waals surface area contributed by atoms with Crippen LogP contribution in [0, 0.1) is 11.3 Å². The van der Waals surface area contributed by atoms with Gasteiger partial charge < -0.3 is 19.3 Å². The summed E-state index contributed by atoms with van der Waals surface area (Å²) in [6.07, 6.45) is 4.27. The zero-order valence-corrected chi connectivity index (χ0v) is 15.0. The number of hydrogen-bond acceptors (Lipinski definition) is 3. The topological polar surface area (TPSA) is 71.8 Å². The fourth-order valence-corrected chi connectivity index (χ4v) is 4.37. The molecule has 1 aromatic carbocycles. The van der Waals surface area contributed by atoms with Crippen molar-refractivity contribution < 1.29 is 19.4 Å². The predicted molar refractivity (Wildman–Crippen MR) is 97.1 cm³/mol. The monoisotopic (exact) mass is 356 g/mol. The Morgan fingerprint density at radius 1 is 1.27 bits per heavy atom. The summed E-state index contributed by atoms with van der Waals surface area (Å²) < 4.78 is 7.24. The lowest BCUT2D eigenvalue weighted by Gasteiger charge is -2.32. The molecule has 1 aliphatic heterocycles. The molecule has 6 heteroatoms. The number of aromatic nitrogens is 1. The molecule has 1 atom stereocenters. The molecule has 2 heterocycles. The molecule has 1 saturated heterocycles. The number of amides is 1. The van der Waals surface area contributed by atoms with Crippen molar-refractivity contribution in [1.82, 2.24) is 9.47 Å². The SMILES string of the molecule is COCCn1cc(C(=O)N2CCC3(CC2)CC3C(=O)O)c2ccccc21. The molecule has 2 fully saturated rings. The van der Waals surface area contributed by atoms with Crippen LogP contribution in [0.5, 0.6) is 0 Å². The maximum Gasteiger partial charge on any atom is 0.307 e. The zero-order chi connectivity index (χ0) is 18.3. The van der Waals surface area contributed by atoms with Gasteiger partial charge >= 0.3 is 5.97 Å². The number of benzene rings is 1. The number of para-hydroxylation sites is 1. The van der Waals surface area contributed by atoms with Crippen LogP contribution < -0.4 is 0 Å². The number of aliphatic carboxylic acids is 1. The van der Waals surface area contributed by atoms with Gasteiger partial charge in [0, 0.05) is 43.8 Å². The summed E-state index contributed by atoms with van der Waals surface area (Å²) in [4.78, 5) is 26.2. The van der Waals surface area contributed by atoms with E-state index in [9.17, 15) is 14.7 Å². The average molecular weight is 356 g/mol. The third-order valence-corrected chi connectivity index (χ3v) is 6.09. The highest BCUT2D eigenvalue weighted by Gasteiger charge is 2.59. The molecule has 2 aromatic rings. The lowest BCUT2D eigenvalue weighted by Crippen LogP contribution is -2.39. The van der Waals surface area contributed by atoms with Crippen LogP contribution in [0.15, 0.2) is 30.5 Å². The van der Waals surface area contributed by atoms with E-state index in [-0.39, 0.29) is 17.2 Å². The van der Waals surface area contributed by atoms with Crippen LogP contribution in [0.1, 0.15) is 29.6 Å². The van der Waals surface area contributed by atoms with Crippen LogP contribution in [0.4, 0.5) is 0 Å². The molecule has 1 N–H and O–H groups in total. The Bertz CT molecular complexity index is 849. The quantitative estimate of drug-likeness (QED) is 0.894. The largest absolute Gasteiger partial charge is 0.481 e. The summed E-state index contributed by atoms with van der Waals surface area (Å²) in [6.45, 7) is 2.57. The molecular weight excluding hydrogens is 332 g/mol. The summed E-state index contributed by atoms with van der Waals surface area (Å²) in [5.41, 5.74) is 1.70. The number of carbonyl (C=O) groups excluding carboxylic acids is 1. The summed E-state index contributed by atoms with van der Waals surface area (Å²) in [5.74, 6) is -0.860. The van der Waals surface area contributed by atoms with Crippen LogP contribution in [0.25, 0.3) is 10.9 Å². The van der Waals surface area contributed by atoms with Crippen molar-refractivity contribution in [3.8, 4) is 0 Å². The highest BCUT2D eigenvalue weighted by Crippen LogP contribution is 2.59. The van der Waals surface area contributed by atoms with Crippen molar-refractivity contribution >= 4 is 22.8 Å². The maximum absolute atomic E-state index is 13.1. The smallest absolute Gasteiger partial charge is 0.307 e. The van der Waals surface area contributed by atoms with Gasteiger partial charge in [0.1, 0.15) is 0 Å². The van der Waals surface area contributed by atoms with Crippen molar-refractivity contribution in [2.45, 2.75) is 25.8 Å². The van der Waals surface area contributed by atoms with E-state index >= 15 is 0 Å². The van der Waals surface area contributed by atoms with Gasteiger partial charge in [-0.15, -0.1) is 0 Å². The molecule has 1 saturated carbocycles. The molecule has 1 aromatic heterocycles. The second-order valence-corrected chi connectivity index (χ2v) is 7.50. The van der Waals surface area contributed by atoms with Gasteiger partial charge in [-0.1, -0.05) is 18.2 Å². The van der Waals surface area contributed by atoms with Gasteiger partial charge in [-0.05, 0) is 30.7 Å². The first-order valence-electron chi connectivity index (χ1n) is 9.15. The van der Waals surface area contributed by atoms with Gasteiger partial charge in [0.2, 0.25) is 0 Å². The minimum atomic E-state index is -0.689. The van der Waals surface area contributed by atoms with Crippen molar-refractivity contribution in [1.29, 1.82) is 0 Å². The number of fused-ring (bicyclic) bond motifs is 1. The highest BCUT2D eigenvalue weighted by molar-refractivity contribution is 6.07. The van der Waals surface area contributed by atoms with Crippen LogP contribution in [-0.2, 0) is 16.1 Å². The number of carboxylic acids is 1. The van der Waals surface area contributed by atoms with Gasteiger partial charge in [0.05, 0.1) is 18.1 Å². The van der Waals surface area contributed by atoms with Gasteiger partial charge in [0.15, 0.2) is 0 Å². The van der Waals surface area contributed by atoms with E-state index in [0.29, 0.717) is 26.2 Å². The number of likely N-dealkylation sites (tertiary alicyclic amines) is 1. The van der Waals surface area contributed by atoms with Crippen LogP contribution in [0.2, 0.25) is 0 Å².